The molecule has 2 N–H and O–H groups in total. The van der Waals surface area contributed by atoms with Crippen LogP contribution in [0.25, 0.3) is 0 Å². The van der Waals surface area contributed by atoms with Crippen LogP contribution in [0, 0.1) is 0 Å². The van der Waals surface area contributed by atoms with E-state index < -0.39 is 5.97 Å². The summed E-state index contributed by atoms with van der Waals surface area (Å²) >= 11 is 0. The lowest BCUT2D eigenvalue weighted by molar-refractivity contribution is 0.0692. The molecule has 0 aliphatic heterocycles. The largest absolute Gasteiger partial charge is 0.507 e. The van der Waals surface area contributed by atoms with E-state index in [4.69, 9.17) is 0 Å². The summed E-state index contributed by atoms with van der Waals surface area (Å²) in [5.41, 5.74) is 0.760. The van der Waals surface area contributed by atoms with Gasteiger partial charge >= 0.3 is 5.97 Å². The molecular weight excluding hydrogens is 336 g/mol. The van der Waals surface area contributed by atoms with E-state index in [9.17, 15) is 15.0 Å². The zero-order chi connectivity index (χ0) is 19.7. The Hall–Kier alpha value is -2.29. The number of aromatic carboxylic acids is 1. The number of benzene rings is 1. The number of phenols is 1. The predicted octanol–water partition coefficient (Wildman–Crippen LogP) is 6.83. The maximum Gasteiger partial charge on any atom is 0.339 e. The molecule has 0 bridgehead atoms. The topological polar surface area (TPSA) is 57.5 Å². The van der Waals surface area contributed by atoms with Crippen LogP contribution in [0.5, 0.6) is 5.75 Å². The molecule has 0 saturated carbocycles. The number of allylic oxidation sites excluding steroid dienone is 6. The lowest BCUT2D eigenvalue weighted by Gasteiger charge is -2.07. The van der Waals surface area contributed by atoms with Gasteiger partial charge in [0, 0.05) is 0 Å². The summed E-state index contributed by atoms with van der Waals surface area (Å²) in [6, 6.07) is 4.91. The normalized spacial score (nSPS) is 11.9. The zero-order valence-electron chi connectivity index (χ0n) is 16.6. The predicted molar refractivity (Wildman–Crippen MR) is 113 cm³/mol. The van der Waals surface area contributed by atoms with Gasteiger partial charge in [-0.25, -0.2) is 4.79 Å². The quantitative estimate of drug-likeness (QED) is 0.279. The first-order valence-electron chi connectivity index (χ1n) is 10.2. The van der Waals surface area contributed by atoms with Gasteiger partial charge in [-0.15, -0.1) is 0 Å². The Morgan fingerprint density at radius 2 is 1.52 bits per heavy atom. The number of aromatic hydroxyl groups is 1. The summed E-state index contributed by atoms with van der Waals surface area (Å²) in [6.07, 6.45) is 23.9. The minimum atomic E-state index is -1.06. The molecule has 0 atom stereocenters. The summed E-state index contributed by atoms with van der Waals surface area (Å²) in [6.45, 7) is 2.21. The molecule has 0 spiro atoms. The highest BCUT2D eigenvalue weighted by Crippen LogP contribution is 2.22. The van der Waals surface area contributed by atoms with Gasteiger partial charge in [-0.05, 0) is 56.6 Å². The Bertz CT molecular complexity index is 627. The van der Waals surface area contributed by atoms with Crippen LogP contribution in [0.1, 0.15) is 80.6 Å². The first kappa shape index (κ1) is 22.8. The van der Waals surface area contributed by atoms with Crippen molar-refractivity contribution in [1.82, 2.24) is 0 Å². The van der Waals surface area contributed by atoms with Crippen molar-refractivity contribution in [3.63, 3.8) is 0 Å². The van der Waals surface area contributed by atoms with E-state index in [1.165, 1.54) is 25.3 Å². The van der Waals surface area contributed by atoms with Crippen molar-refractivity contribution in [2.75, 3.05) is 0 Å². The molecule has 0 radical (unpaired) electrons. The molecule has 0 saturated heterocycles. The number of carbonyl (C=O) groups is 1. The molecule has 3 heteroatoms. The van der Waals surface area contributed by atoms with Gasteiger partial charge in [-0.3, -0.25) is 0 Å². The molecule has 0 aliphatic carbocycles. The van der Waals surface area contributed by atoms with Gasteiger partial charge in [-0.2, -0.15) is 0 Å². The number of carboxylic acids is 1. The second-order valence-electron chi connectivity index (χ2n) is 6.74. The SMILES string of the molecule is CCCC/C=C\C/C=C\C/C=C\CCCCCc1cccc(O)c1C(=O)O. The maximum absolute atomic E-state index is 11.2. The Morgan fingerprint density at radius 1 is 0.889 bits per heavy atom. The molecule has 1 aromatic rings. The lowest BCUT2D eigenvalue weighted by atomic mass is 10.00. The van der Waals surface area contributed by atoms with E-state index in [0.717, 1.165) is 38.5 Å². The van der Waals surface area contributed by atoms with E-state index in [1.807, 2.05) is 0 Å². The van der Waals surface area contributed by atoms with E-state index in [2.05, 4.69) is 43.4 Å². The highest BCUT2D eigenvalue weighted by atomic mass is 16.4. The Morgan fingerprint density at radius 3 is 2.15 bits per heavy atom. The van der Waals surface area contributed by atoms with E-state index in [-0.39, 0.29) is 11.3 Å². The van der Waals surface area contributed by atoms with Crippen molar-refractivity contribution in [1.29, 1.82) is 0 Å². The average molecular weight is 371 g/mol. The van der Waals surface area contributed by atoms with E-state index in [0.29, 0.717) is 12.0 Å². The van der Waals surface area contributed by atoms with Crippen molar-refractivity contribution < 1.29 is 15.0 Å². The molecule has 0 fully saturated rings. The fourth-order valence-corrected chi connectivity index (χ4v) is 2.90. The molecule has 0 aromatic heterocycles. The maximum atomic E-state index is 11.2. The van der Waals surface area contributed by atoms with Crippen LogP contribution in [-0.4, -0.2) is 16.2 Å². The third-order valence-corrected chi connectivity index (χ3v) is 4.43. The van der Waals surface area contributed by atoms with Gasteiger partial charge < -0.3 is 10.2 Å². The van der Waals surface area contributed by atoms with Gasteiger partial charge in [0.05, 0.1) is 0 Å². The number of unbranched alkanes of at least 4 members (excludes halogenated alkanes) is 5. The average Bonchev–Trinajstić information content (AvgIpc) is 2.64. The first-order valence-corrected chi connectivity index (χ1v) is 10.2. The fourth-order valence-electron chi connectivity index (χ4n) is 2.90. The summed E-state index contributed by atoms with van der Waals surface area (Å²) in [5, 5.41) is 18.9. The van der Waals surface area contributed by atoms with Gasteiger partial charge in [0.2, 0.25) is 0 Å². The number of rotatable bonds is 14. The summed E-state index contributed by atoms with van der Waals surface area (Å²) in [7, 11) is 0. The van der Waals surface area contributed by atoms with Crippen LogP contribution in [-0.2, 0) is 6.42 Å². The van der Waals surface area contributed by atoms with Crippen LogP contribution in [0.15, 0.2) is 54.7 Å². The molecule has 0 aliphatic rings. The van der Waals surface area contributed by atoms with Crippen molar-refractivity contribution in [3.05, 3.63) is 65.8 Å². The molecule has 0 amide bonds. The van der Waals surface area contributed by atoms with Crippen molar-refractivity contribution >= 4 is 5.97 Å². The summed E-state index contributed by atoms with van der Waals surface area (Å²) in [4.78, 5) is 11.2. The summed E-state index contributed by atoms with van der Waals surface area (Å²) in [5.74, 6) is -1.21. The second kappa shape index (κ2) is 14.8. The van der Waals surface area contributed by atoms with E-state index in [1.54, 1.807) is 12.1 Å². The van der Waals surface area contributed by atoms with Crippen molar-refractivity contribution in [2.24, 2.45) is 0 Å². The minimum absolute atomic E-state index is 0.0457. The molecular formula is C24H34O3. The highest BCUT2D eigenvalue weighted by molar-refractivity contribution is 5.92. The fraction of sp³-hybridized carbons (Fsp3) is 0.458. The molecule has 3 nitrogen and oxygen atoms in total. The second-order valence-corrected chi connectivity index (χ2v) is 6.74. The molecule has 0 heterocycles. The van der Waals surface area contributed by atoms with Gasteiger partial charge in [-0.1, -0.05) is 74.8 Å². The number of hydrogen-bond donors (Lipinski definition) is 2. The highest BCUT2D eigenvalue weighted by Gasteiger charge is 2.14. The van der Waals surface area contributed by atoms with Crippen molar-refractivity contribution in [3.8, 4) is 5.75 Å². The van der Waals surface area contributed by atoms with Crippen LogP contribution in [0.4, 0.5) is 0 Å². The summed E-state index contributed by atoms with van der Waals surface area (Å²) < 4.78 is 0. The van der Waals surface area contributed by atoms with Crippen LogP contribution < -0.4 is 0 Å². The standard InChI is InChI=1S/C24H34O3/c1-2-3-4-5-6-7-8-9-10-11-12-13-14-15-16-18-21-19-17-20-22(25)23(21)24(26)27/h5-6,8-9,11-12,17,19-20,25H,2-4,7,10,13-16,18H2,1H3,(H,26,27)/b6-5-,9-8-,12-11-. The minimum Gasteiger partial charge on any atom is -0.507 e. The molecule has 0 unspecified atom stereocenters. The third kappa shape index (κ3) is 10.4. The Kier molecular flexibility index (Phi) is 12.5. The first-order chi connectivity index (χ1) is 13.2. The molecule has 1 rings (SSSR count). The van der Waals surface area contributed by atoms with Crippen molar-refractivity contribution in [2.45, 2.75) is 71.1 Å². The zero-order valence-corrected chi connectivity index (χ0v) is 16.6. The Labute approximate surface area is 164 Å². The van der Waals surface area contributed by atoms with Gasteiger partial charge in [0.1, 0.15) is 11.3 Å². The number of aryl methyl sites for hydroxylation is 1. The van der Waals surface area contributed by atoms with Crippen LogP contribution in [0.3, 0.4) is 0 Å². The van der Waals surface area contributed by atoms with Gasteiger partial charge in [0.15, 0.2) is 0 Å². The number of hydrogen-bond acceptors (Lipinski definition) is 2. The van der Waals surface area contributed by atoms with Crippen LogP contribution >= 0.6 is 0 Å². The monoisotopic (exact) mass is 370 g/mol. The molecule has 27 heavy (non-hydrogen) atoms. The van der Waals surface area contributed by atoms with Crippen LogP contribution in [0.2, 0.25) is 0 Å². The Balaban J connectivity index is 2.11. The smallest absolute Gasteiger partial charge is 0.339 e. The number of carboxylic acid groups (broad SMARTS) is 1. The van der Waals surface area contributed by atoms with Gasteiger partial charge in [0.25, 0.3) is 0 Å². The third-order valence-electron chi connectivity index (χ3n) is 4.43. The van der Waals surface area contributed by atoms with E-state index >= 15 is 0 Å². The molecule has 148 valence electrons. The lowest BCUT2D eigenvalue weighted by Crippen LogP contribution is -2.03. The molecule has 1 aromatic carbocycles.